The fourth-order valence-corrected chi connectivity index (χ4v) is 3.07. The molecule has 1 aliphatic heterocycles. The zero-order chi connectivity index (χ0) is 17.1. The molecule has 0 radical (unpaired) electrons. The highest BCUT2D eigenvalue weighted by molar-refractivity contribution is 6.35. The number of rotatable bonds is 3. The fourth-order valence-electron chi connectivity index (χ4n) is 2.62. The summed E-state index contributed by atoms with van der Waals surface area (Å²) in [5.41, 5.74) is 0. The topological polar surface area (TPSA) is 59.8 Å². The van der Waals surface area contributed by atoms with Crippen molar-refractivity contribution in [3.05, 3.63) is 52.4 Å². The standard InChI is InChI=1S/C17H15Cl2NO4/c18-12-3-4-14(13(19)10-12)24-17(22)11-5-7-20(8-6-11)16(21)15-2-1-9-23-15/h1-4,9-11H,5-8H2. The molecule has 1 fully saturated rings. The molecule has 1 saturated heterocycles. The summed E-state index contributed by atoms with van der Waals surface area (Å²) in [4.78, 5) is 26.1. The van der Waals surface area contributed by atoms with Crippen LogP contribution in [0.3, 0.4) is 0 Å². The van der Waals surface area contributed by atoms with Crippen LogP contribution in [0.15, 0.2) is 41.0 Å². The van der Waals surface area contributed by atoms with Gasteiger partial charge in [0.15, 0.2) is 5.76 Å². The predicted octanol–water partition coefficient (Wildman–Crippen LogP) is 4.04. The van der Waals surface area contributed by atoms with E-state index in [-0.39, 0.29) is 17.8 Å². The van der Waals surface area contributed by atoms with Gasteiger partial charge in [0, 0.05) is 18.1 Å². The summed E-state index contributed by atoms with van der Waals surface area (Å²) in [7, 11) is 0. The molecule has 5 nitrogen and oxygen atoms in total. The molecule has 2 aromatic rings. The SMILES string of the molecule is O=C(Oc1ccc(Cl)cc1Cl)C1CCN(C(=O)c2ccco2)CC1. The Bertz CT molecular complexity index is 737. The van der Waals surface area contributed by atoms with E-state index in [2.05, 4.69) is 0 Å². The first-order valence-corrected chi connectivity index (χ1v) is 8.29. The highest BCUT2D eigenvalue weighted by Crippen LogP contribution is 2.29. The van der Waals surface area contributed by atoms with Crippen LogP contribution >= 0.6 is 23.2 Å². The van der Waals surface area contributed by atoms with E-state index in [0.29, 0.717) is 47.5 Å². The van der Waals surface area contributed by atoms with Gasteiger partial charge < -0.3 is 14.1 Å². The number of nitrogens with zero attached hydrogens (tertiary/aromatic N) is 1. The van der Waals surface area contributed by atoms with Crippen LogP contribution in [0.25, 0.3) is 0 Å². The van der Waals surface area contributed by atoms with Gasteiger partial charge in [-0.2, -0.15) is 0 Å². The fraction of sp³-hybridized carbons (Fsp3) is 0.294. The smallest absolute Gasteiger partial charge is 0.314 e. The van der Waals surface area contributed by atoms with E-state index in [1.54, 1.807) is 29.2 Å². The number of piperidine rings is 1. The Morgan fingerprint density at radius 3 is 2.54 bits per heavy atom. The number of hydrogen-bond donors (Lipinski definition) is 0. The van der Waals surface area contributed by atoms with E-state index in [1.165, 1.54) is 12.3 Å². The summed E-state index contributed by atoms with van der Waals surface area (Å²) in [6, 6.07) is 8.01. The summed E-state index contributed by atoms with van der Waals surface area (Å²) in [6.45, 7) is 0.960. The molecule has 7 heteroatoms. The van der Waals surface area contributed by atoms with E-state index < -0.39 is 0 Å². The average molecular weight is 368 g/mol. The van der Waals surface area contributed by atoms with Crippen LogP contribution in [-0.4, -0.2) is 29.9 Å². The van der Waals surface area contributed by atoms with E-state index in [1.807, 2.05) is 0 Å². The second kappa shape index (κ2) is 7.28. The van der Waals surface area contributed by atoms with E-state index in [0.717, 1.165) is 0 Å². The van der Waals surface area contributed by atoms with Gasteiger partial charge in [-0.3, -0.25) is 9.59 Å². The number of halogens is 2. The van der Waals surface area contributed by atoms with Crippen LogP contribution in [0.1, 0.15) is 23.4 Å². The first kappa shape index (κ1) is 16.9. The minimum absolute atomic E-state index is 0.160. The van der Waals surface area contributed by atoms with Crippen molar-refractivity contribution >= 4 is 35.1 Å². The molecule has 1 aliphatic rings. The lowest BCUT2D eigenvalue weighted by Gasteiger charge is -2.30. The van der Waals surface area contributed by atoms with Crippen molar-refractivity contribution in [1.82, 2.24) is 4.90 Å². The highest BCUT2D eigenvalue weighted by Gasteiger charge is 2.30. The number of hydrogen-bond acceptors (Lipinski definition) is 4. The largest absolute Gasteiger partial charge is 0.459 e. The number of carbonyl (C=O) groups is 2. The Morgan fingerprint density at radius 1 is 1.17 bits per heavy atom. The summed E-state index contributed by atoms with van der Waals surface area (Å²) in [6.07, 6.45) is 2.54. The monoisotopic (exact) mass is 367 g/mol. The lowest BCUT2D eigenvalue weighted by Crippen LogP contribution is -2.41. The molecule has 1 aromatic carbocycles. The molecule has 0 aliphatic carbocycles. The van der Waals surface area contributed by atoms with Gasteiger partial charge in [-0.15, -0.1) is 0 Å². The molecule has 0 atom stereocenters. The van der Waals surface area contributed by atoms with Crippen molar-refractivity contribution in [2.45, 2.75) is 12.8 Å². The molecule has 0 unspecified atom stereocenters. The van der Waals surface area contributed by atoms with Crippen molar-refractivity contribution in [3.8, 4) is 5.75 Å². The second-order valence-corrected chi connectivity index (χ2v) is 6.38. The van der Waals surface area contributed by atoms with Crippen LogP contribution in [0.4, 0.5) is 0 Å². The molecule has 24 heavy (non-hydrogen) atoms. The Kier molecular flexibility index (Phi) is 5.11. The van der Waals surface area contributed by atoms with Crippen LogP contribution in [0, 0.1) is 5.92 Å². The van der Waals surface area contributed by atoms with Crippen LogP contribution in [0.2, 0.25) is 10.0 Å². The molecule has 2 heterocycles. The Balaban J connectivity index is 1.56. The summed E-state index contributed by atoms with van der Waals surface area (Å²) in [5, 5.41) is 0.769. The number of furan rings is 1. The van der Waals surface area contributed by atoms with Crippen LogP contribution in [-0.2, 0) is 4.79 Å². The molecule has 0 bridgehead atoms. The van der Waals surface area contributed by atoms with Crippen molar-refractivity contribution in [2.24, 2.45) is 5.92 Å². The molecule has 1 amide bonds. The van der Waals surface area contributed by atoms with Crippen molar-refractivity contribution < 1.29 is 18.7 Å². The molecule has 0 N–H and O–H groups in total. The van der Waals surface area contributed by atoms with Gasteiger partial charge in [-0.05, 0) is 43.2 Å². The summed E-state index contributed by atoms with van der Waals surface area (Å²) < 4.78 is 10.5. The van der Waals surface area contributed by atoms with Crippen LogP contribution in [0.5, 0.6) is 5.75 Å². The number of likely N-dealkylation sites (tertiary alicyclic amines) is 1. The Morgan fingerprint density at radius 2 is 1.92 bits per heavy atom. The van der Waals surface area contributed by atoms with Gasteiger partial charge >= 0.3 is 5.97 Å². The van der Waals surface area contributed by atoms with E-state index >= 15 is 0 Å². The maximum Gasteiger partial charge on any atom is 0.314 e. The summed E-state index contributed by atoms with van der Waals surface area (Å²) in [5.74, 6) is -0.168. The minimum atomic E-state index is -0.343. The number of ether oxygens (including phenoxy) is 1. The maximum absolute atomic E-state index is 12.3. The Hall–Kier alpha value is -1.98. The van der Waals surface area contributed by atoms with E-state index in [9.17, 15) is 9.59 Å². The third kappa shape index (κ3) is 3.74. The molecule has 1 aromatic heterocycles. The van der Waals surface area contributed by atoms with Gasteiger partial charge in [0.05, 0.1) is 17.2 Å². The molecule has 0 saturated carbocycles. The second-order valence-electron chi connectivity index (χ2n) is 5.54. The van der Waals surface area contributed by atoms with E-state index in [4.69, 9.17) is 32.4 Å². The predicted molar refractivity (Wildman–Crippen MR) is 89.4 cm³/mol. The zero-order valence-electron chi connectivity index (χ0n) is 12.7. The minimum Gasteiger partial charge on any atom is -0.459 e. The highest BCUT2D eigenvalue weighted by atomic mass is 35.5. The van der Waals surface area contributed by atoms with Gasteiger partial charge in [0.25, 0.3) is 5.91 Å². The third-order valence-electron chi connectivity index (χ3n) is 3.95. The first-order chi connectivity index (χ1) is 11.5. The number of amides is 1. The third-order valence-corrected chi connectivity index (χ3v) is 4.48. The first-order valence-electron chi connectivity index (χ1n) is 7.54. The van der Waals surface area contributed by atoms with Gasteiger partial charge in [-0.1, -0.05) is 23.2 Å². The number of benzene rings is 1. The zero-order valence-corrected chi connectivity index (χ0v) is 14.2. The molecule has 0 spiro atoms. The molecular weight excluding hydrogens is 353 g/mol. The normalized spacial score (nSPS) is 15.3. The van der Waals surface area contributed by atoms with Crippen molar-refractivity contribution in [2.75, 3.05) is 13.1 Å². The lowest BCUT2D eigenvalue weighted by molar-refractivity contribution is -0.140. The van der Waals surface area contributed by atoms with Gasteiger partial charge in [0.2, 0.25) is 0 Å². The lowest BCUT2D eigenvalue weighted by atomic mass is 9.97. The van der Waals surface area contributed by atoms with Crippen molar-refractivity contribution in [3.63, 3.8) is 0 Å². The van der Waals surface area contributed by atoms with Gasteiger partial charge in [0.1, 0.15) is 5.75 Å². The van der Waals surface area contributed by atoms with Crippen molar-refractivity contribution in [1.29, 1.82) is 0 Å². The molecule has 126 valence electrons. The van der Waals surface area contributed by atoms with Crippen LogP contribution < -0.4 is 4.74 Å². The molecular formula is C17H15Cl2NO4. The van der Waals surface area contributed by atoms with Gasteiger partial charge in [-0.25, -0.2) is 0 Å². The average Bonchev–Trinajstić information content (AvgIpc) is 3.11. The summed E-state index contributed by atoms with van der Waals surface area (Å²) >= 11 is 11.8. The molecule has 3 rings (SSSR count). The number of esters is 1. The Labute approximate surface area is 149 Å². The maximum atomic E-state index is 12.3. The number of carbonyl (C=O) groups excluding carboxylic acids is 2. The quantitative estimate of drug-likeness (QED) is 0.606.